The zero-order valence-corrected chi connectivity index (χ0v) is 14.0. The molecule has 3 rings (SSSR count). The van der Waals surface area contributed by atoms with Crippen LogP contribution in [0, 0.1) is 0 Å². The number of carbonyl (C=O) groups is 2. The topological polar surface area (TPSA) is 86.9 Å². The Bertz CT molecular complexity index is 717. The predicted molar refractivity (Wildman–Crippen MR) is 89.9 cm³/mol. The van der Waals surface area contributed by atoms with Crippen LogP contribution in [0.3, 0.4) is 0 Å². The van der Waals surface area contributed by atoms with Crippen LogP contribution in [-0.4, -0.2) is 57.4 Å². The van der Waals surface area contributed by atoms with Crippen LogP contribution in [-0.2, 0) is 11.3 Å². The third-order valence-corrected chi connectivity index (χ3v) is 4.67. The van der Waals surface area contributed by atoms with Gasteiger partial charge in [0.25, 0.3) is 5.91 Å². The van der Waals surface area contributed by atoms with E-state index in [-0.39, 0.29) is 11.9 Å². The molecule has 0 saturated carbocycles. The Hall–Kier alpha value is -2.67. The maximum atomic E-state index is 12.5. The maximum absolute atomic E-state index is 12.5. The number of furan rings is 1. The smallest absolute Gasteiger partial charge is 0.326 e. The third-order valence-electron chi connectivity index (χ3n) is 4.67. The molecule has 0 bridgehead atoms. The molecule has 0 aliphatic carbocycles. The number of carboxylic acids is 1. The van der Waals surface area contributed by atoms with Crippen LogP contribution >= 0.6 is 0 Å². The Balaban J connectivity index is 1.68. The highest BCUT2D eigenvalue weighted by atomic mass is 16.4. The van der Waals surface area contributed by atoms with Gasteiger partial charge < -0.3 is 14.4 Å². The molecule has 7 heteroatoms. The average Bonchev–Trinajstić information content (AvgIpc) is 3.16. The summed E-state index contributed by atoms with van der Waals surface area (Å²) in [6.07, 6.45) is 7.42. The van der Waals surface area contributed by atoms with Gasteiger partial charge in [0, 0.05) is 31.5 Å². The fraction of sp³-hybridized carbons (Fsp3) is 0.389. The number of aliphatic carboxylic acids is 1. The number of carboxylic acid groups (broad SMARTS) is 1. The van der Waals surface area contributed by atoms with Gasteiger partial charge >= 0.3 is 5.97 Å². The number of amides is 1. The summed E-state index contributed by atoms with van der Waals surface area (Å²) in [5, 5.41) is 9.60. The second-order valence-corrected chi connectivity index (χ2v) is 6.32. The van der Waals surface area contributed by atoms with E-state index in [1.807, 2.05) is 25.4 Å². The molecule has 132 valence electrons. The van der Waals surface area contributed by atoms with Gasteiger partial charge in [-0.05, 0) is 37.6 Å². The number of rotatable bonds is 5. The monoisotopic (exact) mass is 343 g/mol. The lowest BCUT2D eigenvalue weighted by Gasteiger charge is -2.40. The molecule has 1 fully saturated rings. The van der Waals surface area contributed by atoms with Gasteiger partial charge in [-0.3, -0.25) is 14.7 Å². The Morgan fingerprint density at radius 2 is 2.28 bits per heavy atom. The summed E-state index contributed by atoms with van der Waals surface area (Å²) in [6.45, 7) is 1.10. The van der Waals surface area contributed by atoms with Crippen molar-refractivity contribution >= 4 is 11.9 Å². The molecule has 1 N–H and O–H groups in total. The number of likely N-dealkylation sites (tertiary alicyclic amines) is 1. The molecule has 1 amide bonds. The second-order valence-electron chi connectivity index (χ2n) is 6.32. The lowest BCUT2D eigenvalue weighted by Crippen LogP contribution is -2.54. The second kappa shape index (κ2) is 7.48. The Labute approximate surface area is 145 Å². The maximum Gasteiger partial charge on any atom is 0.326 e. The number of aromatic nitrogens is 1. The number of carbonyl (C=O) groups excluding carboxylic acids is 1. The van der Waals surface area contributed by atoms with Crippen molar-refractivity contribution < 1.29 is 19.1 Å². The van der Waals surface area contributed by atoms with E-state index < -0.39 is 12.0 Å². The van der Waals surface area contributed by atoms with E-state index in [1.54, 1.807) is 12.3 Å². The molecule has 2 atom stereocenters. The van der Waals surface area contributed by atoms with Crippen LogP contribution < -0.4 is 0 Å². The fourth-order valence-corrected chi connectivity index (χ4v) is 3.29. The minimum Gasteiger partial charge on any atom is -0.480 e. The van der Waals surface area contributed by atoms with E-state index in [9.17, 15) is 14.7 Å². The van der Waals surface area contributed by atoms with Gasteiger partial charge in [0.2, 0.25) is 0 Å². The Kier molecular flexibility index (Phi) is 5.14. The van der Waals surface area contributed by atoms with Crippen molar-refractivity contribution in [3.05, 3.63) is 54.2 Å². The van der Waals surface area contributed by atoms with E-state index in [4.69, 9.17) is 4.42 Å². The molecular weight excluding hydrogens is 322 g/mol. The molecule has 1 saturated heterocycles. The highest BCUT2D eigenvalue weighted by Gasteiger charge is 2.38. The summed E-state index contributed by atoms with van der Waals surface area (Å²) in [4.78, 5) is 31.9. The van der Waals surface area contributed by atoms with Gasteiger partial charge in [0.1, 0.15) is 12.3 Å². The van der Waals surface area contributed by atoms with Crippen molar-refractivity contribution in [2.24, 2.45) is 0 Å². The molecule has 0 aromatic carbocycles. The quantitative estimate of drug-likeness (QED) is 0.892. The summed E-state index contributed by atoms with van der Waals surface area (Å²) < 4.78 is 4.94. The number of hydrogen-bond donors (Lipinski definition) is 1. The molecule has 2 aromatic heterocycles. The van der Waals surface area contributed by atoms with Crippen LogP contribution in [0.4, 0.5) is 0 Å². The standard InChI is InChI=1S/C18H21N3O4/c1-20(11-13-3-2-6-19-10-13)15-4-7-21(16(9-15)18(23)24)17(22)14-5-8-25-12-14/h2-3,5-6,8,10,12,15-16H,4,7,9,11H2,1H3,(H,23,24)/t15-,16-/m1/s1. The molecule has 0 unspecified atom stereocenters. The molecule has 1 aliphatic heterocycles. The molecule has 1 aliphatic rings. The first-order chi connectivity index (χ1) is 12.1. The van der Waals surface area contributed by atoms with Crippen LogP contribution in [0.15, 0.2) is 47.5 Å². The Morgan fingerprint density at radius 3 is 2.92 bits per heavy atom. The zero-order chi connectivity index (χ0) is 17.8. The fourth-order valence-electron chi connectivity index (χ4n) is 3.29. The van der Waals surface area contributed by atoms with Crippen molar-refractivity contribution in [3.63, 3.8) is 0 Å². The minimum absolute atomic E-state index is 0.0923. The molecule has 0 spiro atoms. The summed E-state index contributed by atoms with van der Waals surface area (Å²) in [5.74, 6) is -1.27. The van der Waals surface area contributed by atoms with Crippen LogP contribution in [0.5, 0.6) is 0 Å². The largest absolute Gasteiger partial charge is 0.480 e. The first-order valence-corrected chi connectivity index (χ1v) is 8.21. The molecule has 2 aromatic rings. The van der Waals surface area contributed by atoms with Gasteiger partial charge in [0.15, 0.2) is 0 Å². The zero-order valence-electron chi connectivity index (χ0n) is 14.0. The Morgan fingerprint density at radius 1 is 1.44 bits per heavy atom. The van der Waals surface area contributed by atoms with E-state index in [0.29, 0.717) is 25.1 Å². The molecular formula is C18H21N3O4. The minimum atomic E-state index is -0.976. The van der Waals surface area contributed by atoms with Crippen molar-refractivity contribution in [1.82, 2.24) is 14.8 Å². The first kappa shape index (κ1) is 17.2. The number of nitrogens with zero attached hydrogens (tertiary/aromatic N) is 3. The molecule has 7 nitrogen and oxygen atoms in total. The average molecular weight is 343 g/mol. The third kappa shape index (κ3) is 3.88. The first-order valence-electron chi connectivity index (χ1n) is 8.21. The van der Waals surface area contributed by atoms with Crippen LogP contribution in [0.1, 0.15) is 28.8 Å². The SMILES string of the molecule is CN(Cc1cccnc1)[C@@H]1CCN(C(=O)c2ccoc2)[C@@H](C(=O)O)C1. The van der Waals surface area contributed by atoms with Gasteiger partial charge in [-0.1, -0.05) is 6.07 Å². The van der Waals surface area contributed by atoms with Crippen molar-refractivity contribution in [3.8, 4) is 0 Å². The number of pyridine rings is 1. The highest BCUT2D eigenvalue weighted by Crippen LogP contribution is 2.24. The van der Waals surface area contributed by atoms with E-state index >= 15 is 0 Å². The summed E-state index contributed by atoms with van der Waals surface area (Å²) in [6, 6.07) is 4.69. The molecule has 0 radical (unpaired) electrons. The van der Waals surface area contributed by atoms with Crippen LogP contribution in [0.2, 0.25) is 0 Å². The van der Waals surface area contributed by atoms with Gasteiger partial charge in [-0.2, -0.15) is 0 Å². The number of hydrogen-bond acceptors (Lipinski definition) is 5. The lowest BCUT2D eigenvalue weighted by atomic mass is 9.95. The lowest BCUT2D eigenvalue weighted by molar-refractivity contribution is -0.144. The normalized spacial score (nSPS) is 20.6. The van der Waals surface area contributed by atoms with E-state index in [0.717, 1.165) is 12.0 Å². The van der Waals surface area contributed by atoms with Gasteiger partial charge in [-0.15, -0.1) is 0 Å². The highest BCUT2D eigenvalue weighted by molar-refractivity contribution is 5.96. The van der Waals surface area contributed by atoms with E-state index in [1.165, 1.54) is 17.4 Å². The van der Waals surface area contributed by atoms with E-state index in [2.05, 4.69) is 9.88 Å². The molecule has 3 heterocycles. The number of piperidine rings is 1. The van der Waals surface area contributed by atoms with Crippen molar-refractivity contribution in [2.45, 2.75) is 31.5 Å². The summed E-state index contributed by atoms with van der Waals surface area (Å²) in [5.41, 5.74) is 1.46. The summed E-state index contributed by atoms with van der Waals surface area (Å²) >= 11 is 0. The molecule has 25 heavy (non-hydrogen) atoms. The van der Waals surface area contributed by atoms with Gasteiger partial charge in [0.05, 0.1) is 11.8 Å². The summed E-state index contributed by atoms with van der Waals surface area (Å²) in [7, 11) is 1.98. The predicted octanol–water partition coefficient (Wildman–Crippen LogP) is 1.86. The van der Waals surface area contributed by atoms with Crippen molar-refractivity contribution in [2.75, 3.05) is 13.6 Å². The van der Waals surface area contributed by atoms with Crippen molar-refractivity contribution in [1.29, 1.82) is 0 Å². The van der Waals surface area contributed by atoms with Crippen LogP contribution in [0.25, 0.3) is 0 Å². The van der Waals surface area contributed by atoms with Gasteiger partial charge in [-0.25, -0.2) is 4.79 Å².